The number of halogens is 3. The number of carbonyl (C=O) groups excluding carboxylic acids is 2. The molecule has 1 aliphatic rings. The van der Waals surface area contributed by atoms with E-state index in [1.165, 1.54) is 16.8 Å². The fourth-order valence-electron chi connectivity index (χ4n) is 2.88. The summed E-state index contributed by atoms with van der Waals surface area (Å²) in [6.45, 7) is 5.11. The summed E-state index contributed by atoms with van der Waals surface area (Å²) in [6, 6.07) is 14.7. The summed E-state index contributed by atoms with van der Waals surface area (Å²) in [4.78, 5) is 26.1. The summed E-state index contributed by atoms with van der Waals surface area (Å²) < 4.78 is 37.0. The first kappa shape index (κ1) is 33.4. The second-order valence-electron chi connectivity index (χ2n) is 7.28. The van der Waals surface area contributed by atoms with Crippen molar-refractivity contribution in [3.63, 3.8) is 0 Å². The minimum Gasteiger partial charge on any atom is -1.00 e. The predicted octanol–water partition coefficient (Wildman–Crippen LogP) is 2.64. The molecule has 2 heterocycles. The second kappa shape index (κ2) is 18.6. The molecular weight excluding hydrogens is 571 g/mol. The van der Waals surface area contributed by atoms with Crippen molar-refractivity contribution in [2.45, 2.75) is 25.7 Å². The van der Waals surface area contributed by atoms with Crippen molar-refractivity contribution in [3.05, 3.63) is 101 Å². The quantitative estimate of drug-likeness (QED) is 0.237. The van der Waals surface area contributed by atoms with Gasteiger partial charge in [-0.3, -0.25) is 9.67 Å². The molecule has 0 radical (unpaired) electrons. The number of ether oxygens (including phenoxy) is 2. The van der Waals surface area contributed by atoms with Crippen LogP contribution in [0.5, 0.6) is 0 Å². The van der Waals surface area contributed by atoms with E-state index in [-0.39, 0.29) is 60.8 Å². The van der Waals surface area contributed by atoms with Crippen molar-refractivity contribution in [2.75, 3.05) is 19.8 Å². The van der Waals surface area contributed by atoms with Crippen LogP contribution in [0.25, 0.3) is 0 Å². The monoisotopic (exact) mass is 599 g/mol. The number of alkyl halides is 1. The number of hydrogen-bond donors (Lipinski definition) is 0. The van der Waals surface area contributed by atoms with Crippen molar-refractivity contribution in [2.24, 2.45) is 4.99 Å². The van der Waals surface area contributed by atoms with Gasteiger partial charge in [-0.25, -0.2) is 18.4 Å². The van der Waals surface area contributed by atoms with Gasteiger partial charge in [-0.2, -0.15) is 5.10 Å². The normalized spacial score (nSPS) is 11.1. The van der Waals surface area contributed by atoms with E-state index >= 15 is 0 Å². The Morgan fingerprint density at radius 2 is 1.53 bits per heavy atom. The molecule has 0 aliphatic carbocycles. The Morgan fingerprint density at radius 1 is 0.947 bits per heavy atom. The van der Waals surface area contributed by atoms with Crippen LogP contribution in [0.2, 0.25) is 0 Å². The second-order valence-corrected chi connectivity index (χ2v) is 7.84. The van der Waals surface area contributed by atoms with Crippen LogP contribution in [0.15, 0.2) is 77.9 Å². The van der Waals surface area contributed by atoms with Crippen molar-refractivity contribution in [1.29, 1.82) is 0 Å². The maximum atomic E-state index is 13.4. The molecule has 0 unspecified atom stereocenters. The number of esters is 2. The van der Waals surface area contributed by atoms with Gasteiger partial charge in [0.25, 0.3) is 0 Å². The van der Waals surface area contributed by atoms with Crippen molar-refractivity contribution < 1.29 is 58.8 Å². The smallest absolute Gasteiger partial charge is 1.00 e. The van der Waals surface area contributed by atoms with Gasteiger partial charge in [0.05, 0.1) is 26.3 Å². The Bertz CT molecular complexity index is 1240. The third-order valence-corrected chi connectivity index (χ3v) is 5.25. The maximum absolute atomic E-state index is 13.4. The first-order chi connectivity index (χ1) is 17.9. The van der Waals surface area contributed by atoms with Gasteiger partial charge in [0.2, 0.25) is 0 Å². The van der Waals surface area contributed by atoms with Gasteiger partial charge in [-0.05, 0) is 43.7 Å². The van der Waals surface area contributed by atoms with Crippen LogP contribution in [0.1, 0.15) is 36.9 Å². The molecule has 38 heavy (non-hydrogen) atoms. The van der Waals surface area contributed by atoms with Gasteiger partial charge in [0.15, 0.2) is 5.69 Å². The summed E-state index contributed by atoms with van der Waals surface area (Å²) in [5.41, 5.74) is 1.89. The summed E-state index contributed by atoms with van der Waals surface area (Å²) in [5.74, 6) is -1.22. The molecular formula is C27H29BrF2N3NaO4. The molecule has 0 spiro atoms. The predicted molar refractivity (Wildman–Crippen MR) is 142 cm³/mol. The van der Waals surface area contributed by atoms with E-state index in [2.05, 4.69) is 26.0 Å². The molecule has 0 saturated carbocycles. The van der Waals surface area contributed by atoms with E-state index < -0.39 is 5.97 Å². The minimum atomic E-state index is -0.468. The fraction of sp³-hybridized carbons (Fsp3) is 0.259. The maximum Gasteiger partial charge on any atom is 1.00 e. The Hall–Kier alpha value is -2.66. The summed E-state index contributed by atoms with van der Waals surface area (Å²) in [5, 5.41) is 4.62. The van der Waals surface area contributed by atoms with Crippen molar-refractivity contribution in [1.82, 2.24) is 9.78 Å². The van der Waals surface area contributed by atoms with E-state index in [0.717, 1.165) is 0 Å². The van der Waals surface area contributed by atoms with Crippen LogP contribution < -0.4 is 29.6 Å². The molecule has 0 N–H and O–H groups in total. The van der Waals surface area contributed by atoms with E-state index in [9.17, 15) is 18.4 Å². The SMILES string of the molecule is CCOC(=O)C1=NCC=C1.CCOC(=O)c1ccn(Cc2ccccc2F)n1.Fc1ccccc1CBr.[H-].[Na+]. The van der Waals surface area contributed by atoms with Crippen molar-refractivity contribution in [3.8, 4) is 0 Å². The average Bonchev–Trinajstić information content (AvgIpc) is 3.60. The zero-order valence-corrected chi connectivity index (χ0v) is 25.2. The summed E-state index contributed by atoms with van der Waals surface area (Å²) >= 11 is 3.17. The molecule has 0 fully saturated rings. The topological polar surface area (TPSA) is 82.8 Å². The number of nitrogens with zero attached hydrogens (tertiary/aromatic N) is 3. The molecule has 0 bridgehead atoms. The number of rotatable bonds is 7. The average molecular weight is 600 g/mol. The molecule has 1 aliphatic heterocycles. The van der Waals surface area contributed by atoms with Crippen LogP contribution in [0.3, 0.4) is 0 Å². The fourth-order valence-corrected chi connectivity index (χ4v) is 3.33. The number of carbonyl (C=O) groups is 2. The number of aromatic nitrogens is 2. The van der Waals surface area contributed by atoms with E-state index in [1.54, 1.807) is 62.5 Å². The Morgan fingerprint density at radius 3 is 2.03 bits per heavy atom. The van der Waals surface area contributed by atoms with Crippen LogP contribution in [-0.4, -0.2) is 47.2 Å². The van der Waals surface area contributed by atoms with Crippen LogP contribution >= 0.6 is 15.9 Å². The molecule has 1 aromatic heterocycles. The van der Waals surface area contributed by atoms with Crippen LogP contribution in [0.4, 0.5) is 8.78 Å². The zero-order chi connectivity index (χ0) is 27.0. The first-order valence-corrected chi connectivity index (χ1v) is 12.6. The molecule has 0 amide bonds. The third kappa shape index (κ3) is 11.4. The van der Waals surface area contributed by atoms with Gasteiger partial charge in [0, 0.05) is 17.1 Å². The number of aliphatic imine (C=N–C) groups is 1. The molecule has 11 heteroatoms. The van der Waals surface area contributed by atoms with Gasteiger partial charge in [-0.15, -0.1) is 0 Å². The Balaban J connectivity index is 0.000000589. The van der Waals surface area contributed by atoms with Crippen molar-refractivity contribution >= 4 is 33.6 Å². The Kier molecular flexibility index (Phi) is 16.3. The van der Waals surface area contributed by atoms with Gasteiger partial charge in [-0.1, -0.05) is 58.4 Å². The first-order valence-electron chi connectivity index (χ1n) is 11.5. The van der Waals surface area contributed by atoms with E-state index in [0.29, 0.717) is 41.9 Å². The van der Waals surface area contributed by atoms with E-state index in [4.69, 9.17) is 9.47 Å². The van der Waals surface area contributed by atoms with E-state index in [1.807, 2.05) is 12.1 Å². The molecule has 3 aromatic rings. The van der Waals surface area contributed by atoms with Crippen LogP contribution in [-0.2, 0) is 26.1 Å². The number of hydrogen-bond acceptors (Lipinski definition) is 6. The van der Waals surface area contributed by atoms with Gasteiger partial charge < -0.3 is 10.9 Å². The summed E-state index contributed by atoms with van der Waals surface area (Å²) in [7, 11) is 0. The van der Waals surface area contributed by atoms with Gasteiger partial charge >= 0.3 is 41.5 Å². The third-order valence-electron chi connectivity index (χ3n) is 4.64. The molecule has 4 rings (SSSR count). The molecule has 0 saturated heterocycles. The summed E-state index contributed by atoms with van der Waals surface area (Å²) in [6.07, 6.45) is 5.13. The molecule has 7 nitrogen and oxygen atoms in total. The number of benzene rings is 2. The standard InChI is InChI=1S/C13H13FN2O2.C7H6BrF.C7H9NO2.Na.H/c1-2-18-13(17)12-7-8-16(15-12)9-10-5-3-4-6-11(10)14;8-5-6-3-1-2-4-7(6)9;1-2-10-7(9)6-4-3-5-8-6;;/h3-8H,2,9H2,1H3;1-4H,5H2;3-4H,2,5H2,1H3;;/q;;;+1;-1. The Labute approximate surface area is 252 Å². The zero-order valence-electron chi connectivity index (χ0n) is 22.6. The molecule has 0 atom stereocenters. The largest absolute Gasteiger partial charge is 1.00 e. The molecule has 2 aromatic carbocycles. The minimum absolute atomic E-state index is 0. The van der Waals surface area contributed by atoms with Crippen LogP contribution in [0, 0.1) is 11.6 Å². The molecule has 198 valence electrons. The van der Waals surface area contributed by atoms with Gasteiger partial charge in [0.1, 0.15) is 17.3 Å².